The Kier molecular flexibility index (Phi) is 2.93. The standard InChI is InChI=1S/C15H22N2/c1-15(7-8-16-11-15)12-17-9-6-13-4-2-3-5-14(13)10-17/h2-5,16H,6-12H2,1H3. The van der Waals surface area contributed by atoms with Gasteiger partial charge in [-0.1, -0.05) is 31.2 Å². The van der Waals surface area contributed by atoms with E-state index in [0.29, 0.717) is 5.41 Å². The van der Waals surface area contributed by atoms with Crippen molar-refractivity contribution in [2.45, 2.75) is 26.3 Å². The van der Waals surface area contributed by atoms with Crippen molar-refractivity contribution >= 4 is 0 Å². The number of hydrogen-bond donors (Lipinski definition) is 1. The van der Waals surface area contributed by atoms with Crippen molar-refractivity contribution in [1.29, 1.82) is 0 Å². The summed E-state index contributed by atoms with van der Waals surface area (Å²) >= 11 is 0. The van der Waals surface area contributed by atoms with E-state index in [2.05, 4.69) is 41.4 Å². The third kappa shape index (κ3) is 2.38. The highest BCUT2D eigenvalue weighted by molar-refractivity contribution is 5.29. The maximum atomic E-state index is 3.49. The van der Waals surface area contributed by atoms with Crippen LogP contribution in [0.1, 0.15) is 24.5 Å². The lowest BCUT2D eigenvalue weighted by Crippen LogP contribution is -2.40. The first kappa shape index (κ1) is 11.2. The molecule has 2 aliphatic rings. The van der Waals surface area contributed by atoms with Gasteiger partial charge in [0, 0.05) is 26.2 Å². The monoisotopic (exact) mass is 230 g/mol. The third-order valence-electron chi connectivity index (χ3n) is 4.27. The molecule has 1 aromatic rings. The van der Waals surface area contributed by atoms with Crippen molar-refractivity contribution in [3.8, 4) is 0 Å². The van der Waals surface area contributed by atoms with Crippen LogP contribution in [0.2, 0.25) is 0 Å². The maximum Gasteiger partial charge on any atom is 0.0236 e. The van der Waals surface area contributed by atoms with Crippen LogP contribution in [0.3, 0.4) is 0 Å². The fraction of sp³-hybridized carbons (Fsp3) is 0.600. The van der Waals surface area contributed by atoms with Crippen LogP contribution in [0.4, 0.5) is 0 Å². The SMILES string of the molecule is CC1(CN2CCc3ccccc3C2)CCNC1. The number of rotatable bonds is 2. The molecule has 17 heavy (non-hydrogen) atoms. The molecule has 0 radical (unpaired) electrons. The lowest BCUT2D eigenvalue weighted by molar-refractivity contribution is 0.164. The van der Waals surface area contributed by atoms with Gasteiger partial charge in [-0.15, -0.1) is 0 Å². The highest BCUT2D eigenvalue weighted by atomic mass is 15.1. The maximum absolute atomic E-state index is 3.49. The zero-order valence-corrected chi connectivity index (χ0v) is 10.7. The van der Waals surface area contributed by atoms with E-state index in [1.807, 2.05) is 0 Å². The van der Waals surface area contributed by atoms with Crippen molar-refractivity contribution in [2.75, 3.05) is 26.2 Å². The third-order valence-corrected chi connectivity index (χ3v) is 4.27. The first-order valence-electron chi connectivity index (χ1n) is 6.75. The Morgan fingerprint density at radius 2 is 2.12 bits per heavy atom. The lowest BCUT2D eigenvalue weighted by atomic mass is 9.88. The molecular weight excluding hydrogens is 208 g/mol. The minimum absolute atomic E-state index is 0.492. The molecule has 92 valence electrons. The molecule has 1 saturated heterocycles. The molecular formula is C15H22N2. The second-order valence-corrected chi connectivity index (χ2v) is 5.97. The largest absolute Gasteiger partial charge is 0.316 e. The van der Waals surface area contributed by atoms with Crippen molar-refractivity contribution < 1.29 is 0 Å². The van der Waals surface area contributed by atoms with E-state index in [4.69, 9.17) is 0 Å². The molecule has 1 N–H and O–H groups in total. The molecule has 0 bridgehead atoms. The van der Waals surface area contributed by atoms with Gasteiger partial charge in [-0.25, -0.2) is 0 Å². The van der Waals surface area contributed by atoms with Crippen LogP contribution in [0.25, 0.3) is 0 Å². The van der Waals surface area contributed by atoms with Gasteiger partial charge in [0.15, 0.2) is 0 Å². The average molecular weight is 230 g/mol. The van der Waals surface area contributed by atoms with Crippen LogP contribution in [0.5, 0.6) is 0 Å². The van der Waals surface area contributed by atoms with Gasteiger partial charge in [-0.2, -0.15) is 0 Å². The normalized spacial score (nSPS) is 29.2. The average Bonchev–Trinajstić information content (AvgIpc) is 2.76. The summed E-state index contributed by atoms with van der Waals surface area (Å²) in [6.45, 7) is 8.42. The van der Waals surface area contributed by atoms with E-state index < -0.39 is 0 Å². The Balaban J connectivity index is 1.68. The molecule has 3 rings (SSSR count). The van der Waals surface area contributed by atoms with E-state index >= 15 is 0 Å². The number of fused-ring (bicyclic) bond motifs is 1. The number of hydrogen-bond acceptors (Lipinski definition) is 2. The van der Waals surface area contributed by atoms with Crippen LogP contribution in [0, 0.1) is 5.41 Å². The second-order valence-electron chi connectivity index (χ2n) is 5.97. The van der Waals surface area contributed by atoms with Crippen molar-refractivity contribution in [3.05, 3.63) is 35.4 Å². The molecule has 2 heterocycles. The number of benzene rings is 1. The minimum Gasteiger partial charge on any atom is -0.316 e. The predicted octanol–water partition coefficient (Wildman–Crippen LogP) is 2.04. The van der Waals surface area contributed by atoms with Crippen LogP contribution in [0.15, 0.2) is 24.3 Å². The zero-order chi connectivity index (χ0) is 11.7. The van der Waals surface area contributed by atoms with E-state index in [0.717, 1.165) is 6.54 Å². The van der Waals surface area contributed by atoms with E-state index in [-0.39, 0.29) is 0 Å². The Morgan fingerprint density at radius 3 is 2.88 bits per heavy atom. The quantitative estimate of drug-likeness (QED) is 0.836. The molecule has 0 aliphatic carbocycles. The van der Waals surface area contributed by atoms with Gasteiger partial charge in [-0.3, -0.25) is 4.90 Å². The Morgan fingerprint density at radius 1 is 1.29 bits per heavy atom. The summed E-state index contributed by atoms with van der Waals surface area (Å²) in [7, 11) is 0. The fourth-order valence-corrected chi connectivity index (χ4v) is 3.23. The molecule has 1 fully saturated rings. The summed E-state index contributed by atoms with van der Waals surface area (Å²) in [6, 6.07) is 8.90. The topological polar surface area (TPSA) is 15.3 Å². The molecule has 1 atom stereocenters. The van der Waals surface area contributed by atoms with Gasteiger partial charge in [0.2, 0.25) is 0 Å². The lowest BCUT2D eigenvalue weighted by Gasteiger charge is -2.35. The predicted molar refractivity (Wildman–Crippen MR) is 71.0 cm³/mol. The summed E-state index contributed by atoms with van der Waals surface area (Å²) in [5.74, 6) is 0. The van der Waals surface area contributed by atoms with Gasteiger partial charge in [0.25, 0.3) is 0 Å². The summed E-state index contributed by atoms with van der Waals surface area (Å²) in [5.41, 5.74) is 3.58. The fourth-order valence-electron chi connectivity index (χ4n) is 3.23. The van der Waals surface area contributed by atoms with Crippen LogP contribution in [-0.2, 0) is 13.0 Å². The summed E-state index contributed by atoms with van der Waals surface area (Å²) < 4.78 is 0. The van der Waals surface area contributed by atoms with Gasteiger partial charge < -0.3 is 5.32 Å². The summed E-state index contributed by atoms with van der Waals surface area (Å²) in [5, 5.41) is 3.49. The van der Waals surface area contributed by atoms with Crippen molar-refractivity contribution in [3.63, 3.8) is 0 Å². The van der Waals surface area contributed by atoms with E-state index in [9.17, 15) is 0 Å². The second kappa shape index (κ2) is 4.43. The number of nitrogens with zero attached hydrogens (tertiary/aromatic N) is 1. The Labute approximate surface area is 104 Å². The molecule has 0 spiro atoms. The van der Waals surface area contributed by atoms with Crippen molar-refractivity contribution in [1.82, 2.24) is 10.2 Å². The molecule has 0 amide bonds. The van der Waals surface area contributed by atoms with E-state index in [1.54, 1.807) is 5.56 Å². The van der Waals surface area contributed by atoms with Crippen LogP contribution >= 0.6 is 0 Å². The molecule has 0 aromatic heterocycles. The highest BCUT2D eigenvalue weighted by Gasteiger charge is 2.31. The molecule has 2 nitrogen and oxygen atoms in total. The van der Waals surface area contributed by atoms with Crippen LogP contribution in [-0.4, -0.2) is 31.1 Å². The molecule has 2 heteroatoms. The van der Waals surface area contributed by atoms with Gasteiger partial charge >= 0.3 is 0 Å². The zero-order valence-electron chi connectivity index (χ0n) is 10.7. The Bertz CT molecular complexity index is 394. The Hall–Kier alpha value is -0.860. The summed E-state index contributed by atoms with van der Waals surface area (Å²) in [6.07, 6.45) is 2.55. The highest BCUT2D eigenvalue weighted by Crippen LogP contribution is 2.28. The molecule has 1 unspecified atom stereocenters. The molecule has 2 aliphatic heterocycles. The summed E-state index contributed by atoms with van der Waals surface area (Å²) in [4.78, 5) is 2.63. The smallest absolute Gasteiger partial charge is 0.0236 e. The van der Waals surface area contributed by atoms with Crippen LogP contribution < -0.4 is 5.32 Å². The van der Waals surface area contributed by atoms with Gasteiger partial charge in [0.1, 0.15) is 0 Å². The first-order chi connectivity index (χ1) is 8.25. The number of nitrogens with one attached hydrogen (secondary N) is 1. The minimum atomic E-state index is 0.492. The molecule has 1 aromatic carbocycles. The molecule has 0 saturated carbocycles. The first-order valence-corrected chi connectivity index (χ1v) is 6.75. The van der Waals surface area contributed by atoms with E-state index in [1.165, 1.54) is 44.6 Å². The van der Waals surface area contributed by atoms with Gasteiger partial charge in [0.05, 0.1) is 0 Å². The van der Waals surface area contributed by atoms with Crippen molar-refractivity contribution in [2.24, 2.45) is 5.41 Å². The van der Waals surface area contributed by atoms with Gasteiger partial charge in [-0.05, 0) is 35.9 Å².